The summed E-state index contributed by atoms with van der Waals surface area (Å²) < 4.78 is 6.51. The van der Waals surface area contributed by atoms with Crippen molar-refractivity contribution in [3.05, 3.63) is 5.28 Å². The van der Waals surface area contributed by atoms with E-state index in [1.165, 1.54) is 64.2 Å². The molecule has 1 aromatic rings. The minimum atomic E-state index is 0.235. The molecule has 0 radical (unpaired) electrons. The van der Waals surface area contributed by atoms with Crippen molar-refractivity contribution < 1.29 is 0 Å². The first-order valence-electron chi connectivity index (χ1n) is 8.54. The summed E-state index contributed by atoms with van der Waals surface area (Å²) in [5, 5.41) is 1.53. The molecule has 8 heteroatoms. The number of rotatable bonds is 6. The van der Waals surface area contributed by atoms with Gasteiger partial charge in [0.15, 0.2) is 0 Å². The van der Waals surface area contributed by atoms with Crippen LogP contribution in [-0.4, -0.2) is 25.5 Å². The monoisotopic (exact) mass is 373 g/mol. The second kappa shape index (κ2) is 9.18. The highest BCUT2D eigenvalue weighted by molar-refractivity contribution is 8.01. The Morgan fingerprint density at radius 3 is 1.57 bits per heavy atom. The van der Waals surface area contributed by atoms with Gasteiger partial charge in [-0.05, 0) is 61.2 Å². The lowest BCUT2D eigenvalue weighted by Crippen LogP contribution is -2.13. The molecule has 1 heterocycles. The standard InChI is InChI=1S/C15H24ClN5S2/c16-13-17-14(20-22-11-7-3-1-4-8-11)19-15(18-13)21-23-12-9-5-2-6-10-12/h11-12H,1-10H2,(H2,17,18,19,20,21). The number of nitrogens with zero attached hydrogens (tertiary/aromatic N) is 3. The van der Waals surface area contributed by atoms with Crippen molar-refractivity contribution in [2.24, 2.45) is 0 Å². The zero-order valence-corrected chi connectivity index (χ0v) is 15.7. The lowest BCUT2D eigenvalue weighted by atomic mass is 10.0. The summed E-state index contributed by atoms with van der Waals surface area (Å²) in [6.45, 7) is 0. The van der Waals surface area contributed by atoms with E-state index in [9.17, 15) is 0 Å². The SMILES string of the molecule is Clc1nc(NSC2CCCCC2)nc(NSC2CCCCC2)n1. The lowest BCUT2D eigenvalue weighted by molar-refractivity contribution is 0.516. The Morgan fingerprint density at radius 1 is 0.696 bits per heavy atom. The largest absolute Gasteiger partial charge is 0.298 e. The van der Waals surface area contributed by atoms with E-state index in [0.717, 1.165) is 0 Å². The molecule has 1 aromatic heterocycles. The smallest absolute Gasteiger partial charge is 0.239 e. The van der Waals surface area contributed by atoms with Gasteiger partial charge in [0, 0.05) is 10.5 Å². The minimum absolute atomic E-state index is 0.235. The summed E-state index contributed by atoms with van der Waals surface area (Å²) in [5.74, 6) is 1.10. The van der Waals surface area contributed by atoms with Crippen LogP contribution in [0.4, 0.5) is 11.9 Å². The molecule has 128 valence electrons. The highest BCUT2D eigenvalue weighted by Crippen LogP contribution is 2.30. The van der Waals surface area contributed by atoms with E-state index in [0.29, 0.717) is 22.4 Å². The third-order valence-electron chi connectivity index (χ3n) is 4.35. The van der Waals surface area contributed by atoms with E-state index in [4.69, 9.17) is 11.6 Å². The molecule has 2 aliphatic carbocycles. The Morgan fingerprint density at radius 2 is 1.13 bits per heavy atom. The Labute approximate surface area is 151 Å². The minimum Gasteiger partial charge on any atom is -0.298 e. The van der Waals surface area contributed by atoms with E-state index < -0.39 is 0 Å². The van der Waals surface area contributed by atoms with Gasteiger partial charge < -0.3 is 0 Å². The summed E-state index contributed by atoms with van der Waals surface area (Å²) >= 11 is 9.47. The zero-order chi connectivity index (χ0) is 15.9. The van der Waals surface area contributed by atoms with E-state index in [-0.39, 0.29) is 5.28 Å². The summed E-state index contributed by atoms with van der Waals surface area (Å²) in [6.07, 6.45) is 13.1. The highest BCUT2D eigenvalue weighted by Gasteiger charge is 2.16. The molecule has 0 amide bonds. The number of nitrogens with one attached hydrogen (secondary N) is 2. The molecule has 5 nitrogen and oxygen atoms in total. The molecule has 2 saturated carbocycles. The van der Waals surface area contributed by atoms with Crippen molar-refractivity contribution in [3.63, 3.8) is 0 Å². The maximum atomic E-state index is 6.03. The molecule has 0 unspecified atom stereocenters. The van der Waals surface area contributed by atoms with Crippen LogP contribution in [0.25, 0.3) is 0 Å². The number of aromatic nitrogens is 3. The Kier molecular flexibility index (Phi) is 6.95. The predicted molar refractivity (Wildman–Crippen MR) is 101 cm³/mol. The first-order valence-corrected chi connectivity index (χ1v) is 10.7. The average Bonchev–Trinajstić information content (AvgIpc) is 2.60. The fourth-order valence-corrected chi connectivity index (χ4v) is 5.10. The summed E-state index contributed by atoms with van der Waals surface area (Å²) in [4.78, 5) is 12.8. The third-order valence-corrected chi connectivity index (χ3v) is 6.73. The van der Waals surface area contributed by atoms with E-state index in [1.807, 2.05) is 0 Å². The summed E-state index contributed by atoms with van der Waals surface area (Å²) in [7, 11) is 0. The molecule has 0 saturated heterocycles. The molecular weight excluding hydrogens is 350 g/mol. The van der Waals surface area contributed by atoms with Crippen LogP contribution >= 0.6 is 35.5 Å². The van der Waals surface area contributed by atoms with Crippen molar-refractivity contribution in [2.75, 3.05) is 9.44 Å². The summed E-state index contributed by atoms with van der Waals surface area (Å²) in [6, 6.07) is 0. The molecule has 0 spiro atoms. The van der Waals surface area contributed by atoms with Gasteiger partial charge >= 0.3 is 0 Å². The molecule has 0 aromatic carbocycles. The van der Waals surface area contributed by atoms with Gasteiger partial charge in [0.2, 0.25) is 17.2 Å². The maximum Gasteiger partial charge on any atom is 0.239 e. The van der Waals surface area contributed by atoms with Crippen LogP contribution in [0.1, 0.15) is 64.2 Å². The summed E-state index contributed by atoms with van der Waals surface area (Å²) in [5.41, 5.74) is 0. The van der Waals surface area contributed by atoms with E-state index in [1.54, 1.807) is 23.9 Å². The number of anilines is 2. The van der Waals surface area contributed by atoms with Gasteiger partial charge in [-0.1, -0.05) is 38.5 Å². The van der Waals surface area contributed by atoms with Crippen LogP contribution < -0.4 is 9.44 Å². The molecule has 0 atom stereocenters. The van der Waals surface area contributed by atoms with Crippen molar-refractivity contribution in [2.45, 2.75) is 74.7 Å². The lowest BCUT2D eigenvalue weighted by Gasteiger charge is -2.21. The molecule has 2 fully saturated rings. The van der Waals surface area contributed by atoms with Crippen LogP contribution in [0.15, 0.2) is 0 Å². The van der Waals surface area contributed by atoms with Gasteiger partial charge in [-0.3, -0.25) is 9.44 Å². The normalized spacial score (nSPS) is 20.4. The maximum absolute atomic E-state index is 6.03. The van der Waals surface area contributed by atoms with Crippen LogP contribution in [0.5, 0.6) is 0 Å². The quantitative estimate of drug-likeness (QED) is 0.655. The first kappa shape index (κ1) is 17.4. The predicted octanol–water partition coefficient (Wildman–Crippen LogP) is 5.31. The van der Waals surface area contributed by atoms with Crippen LogP contribution in [0, 0.1) is 0 Å². The van der Waals surface area contributed by atoms with Crippen LogP contribution in [0.2, 0.25) is 5.28 Å². The van der Waals surface area contributed by atoms with E-state index in [2.05, 4.69) is 24.4 Å². The van der Waals surface area contributed by atoms with Gasteiger partial charge in [0.25, 0.3) is 0 Å². The van der Waals surface area contributed by atoms with Crippen molar-refractivity contribution in [3.8, 4) is 0 Å². The Hall–Kier alpha value is -0.400. The first-order chi connectivity index (χ1) is 11.3. The van der Waals surface area contributed by atoms with Gasteiger partial charge in [0.1, 0.15) is 0 Å². The molecule has 2 N–H and O–H groups in total. The van der Waals surface area contributed by atoms with Crippen molar-refractivity contribution in [1.29, 1.82) is 0 Å². The van der Waals surface area contributed by atoms with Crippen LogP contribution in [0.3, 0.4) is 0 Å². The van der Waals surface area contributed by atoms with Gasteiger partial charge in [0.05, 0.1) is 0 Å². The topological polar surface area (TPSA) is 62.7 Å². The molecule has 23 heavy (non-hydrogen) atoms. The average molecular weight is 374 g/mol. The van der Waals surface area contributed by atoms with Gasteiger partial charge in [-0.2, -0.15) is 15.0 Å². The number of hydrogen-bond acceptors (Lipinski definition) is 7. The van der Waals surface area contributed by atoms with Crippen molar-refractivity contribution in [1.82, 2.24) is 15.0 Å². The molecule has 0 aliphatic heterocycles. The molecule has 3 rings (SSSR count). The van der Waals surface area contributed by atoms with Crippen LogP contribution in [-0.2, 0) is 0 Å². The Balaban J connectivity index is 1.50. The van der Waals surface area contributed by atoms with E-state index >= 15 is 0 Å². The number of hydrogen-bond donors (Lipinski definition) is 2. The zero-order valence-electron chi connectivity index (χ0n) is 13.3. The van der Waals surface area contributed by atoms with Crippen molar-refractivity contribution >= 4 is 47.4 Å². The Bertz CT molecular complexity index is 453. The second-order valence-electron chi connectivity index (χ2n) is 6.21. The molecular formula is C15H24ClN5S2. The molecule has 2 aliphatic rings. The fraction of sp³-hybridized carbons (Fsp3) is 0.800. The highest BCUT2D eigenvalue weighted by atomic mass is 35.5. The molecule has 0 bridgehead atoms. The number of halogens is 1. The van der Waals surface area contributed by atoms with Gasteiger partial charge in [-0.25, -0.2) is 0 Å². The second-order valence-corrected chi connectivity index (χ2v) is 8.76. The fourth-order valence-electron chi connectivity index (χ4n) is 3.08. The van der Waals surface area contributed by atoms with Gasteiger partial charge in [-0.15, -0.1) is 0 Å². The third kappa shape index (κ3) is 5.87.